The van der Waals surface area contributed by atoms with Crippen LogP contribution < -0.4 is 10.1 Å². The third-order valence-corrected chi connectivity index (χ3v) is 3.62. The molecule has 0 heterocycles. The lowest BCUT2D eigenvalue weighted by Gasteiger charge is -2.16. The number of amides is 1. The topological polar surface area (TPSA) is 38.3 Å². The van der Waals surface area contributed by atoms with Crippen LogP contribution >= 0.6 is 11.6 Å². The highest BCUT2D eigenvalue weighted by molar-refractivity contribution is 6.31. The molecule has 0 unspecified atom stereocenters. The summed E-state index contributed by atoms with van der Waals surface area (Å²) in [6, 6.07) is 11.4. The van der Waals surface area contributed by atoms with Crippen LogP contribution in [-0.4, -0.2) is 12.0 Å². The lowest BCUT2D eigenvalue weighted by atomic mass is 10.2. The van der Waals surface area contributed by atoms with E-state index < -0.39 is 23.8 Å². The van der Waals surface area contributed by atoms with Crippen molar-refractivity contribution >= 4 is 17.5 Å². The monoisotopic (exact) mass is 357 g/mol. The van der Waals surface area contributed by atoms with Gasteiger partial charge >= 0.3 is 6.18 Å². The minimum absolute atomic E-state index is 0.0229. The second kappa shape index (κ2) is 7.57. The molecule has 0 aliphatic carbocycles. The summed E-state index contributed by atoms with van der Waals surface area (Å²) in [6.45, 7) is 1.66. The van der Waals surface area contributed by atoms with E-state index in [2.05, 4.69) is 5.32 Å². The summed E-state index contributed by atoms with van der Waals surface area (Å²) >= 11 is 5.99. The average molecular weight is 358 g/mol. The predicted molar refractivity (Wildman–Crippen MR) is 84.8 cm³/mol. The number of carbonyl (C=O) groups is 1. The van der Waals surface area contributed by atoms with Gasteiger partial charge in [0.15, 0.2) is 6.10 Å². The predicted octanol–water partition coefficient (Wildman–Crippen LogP) is 4.44. The molecule has 0 saturated heterocycles. The van der Waals surface area contributed by atoms with Gasteiger partial charge in [-0.1, -0.05) is 35.9 Å². The van der Waals surface area contributed by atoms with Crippen LogP contribution in [0.5, 0.6) is 5.75 Å². The molecule has 0 spiro atoms. The van der Waals surface area contributed by atoms with E-state index >= 15 is 0 Å². The highest BCUT2D eigenvalue weighted by Crippen LogP contribution is 2.31. The van der Waals surface area contributed by atoms with E-state index in [1.165, 1.54) is 19.1 Å². The Morgan fingerprint density at radius 1 is 1.21 bits per heavy atom. The van der Waals surface area contributed by atoms with Gasteiger partial charge in [0.05, 0.1) is 5.56 Å². The molecule has 7 heteroatoms. The van der Waals surface area contributed by atoms with Crippen molar-refractivity contribution < 1.29 is 22.7 Å². The number of alkyl halides is 3. The zero-order chi connectivity index (χ0) is 17.7. The van der Waals surface area contributed by atoms with Crippen LogP contribution in [-0.2, 0) is 17.5 Å². The molecule has 3 nitrogen and oxygen atoms in total. The van der Waals surface area contributed by atoms with Gasteiger partial charge in [-0.25, -0.2) is 0 Å². The van der Waals surface area contributed by atoms with E-state index in [1.807, 2.05) is 0 Å². The van der Waals surface area contributed by atoms with Crippen LogP contribution in [0, 0.1) is 0 Å². The fraction of sp³-hybridized carbons (Fsp3) is 0.235. The molecule has 128 valence electrons. The zero-order valence-electron chi connectivity index (χ0n) is 12.7. The highest BCUT2D eigenvalue weighted by atomic mass is 35.5. The van der Waals surface area contributed by atoms with Crippen molar-refractivity contribution in [1.29, 1.82) is 0 Å². The van der Waals surface area contributed by atoms with Crippen molar-refractivity contribution in [2.75, 3.05) is 0 Å². The molecule has 1 atom stereocenters. The van der Waals surface area contributed by atoms with E-state index in [1.54, 1.807) is 24.3 Å². The number of nitrogens with one attached hydrogen (secondary N) is 1. The number of rotatable bonds is 5. The number of carbonyl (C=O) groups excluding carboxylic acids is 1. The molecule has 0 radical (unpaired) electrons. The van der Waals surface area contributed by atoms with Gasteiger partial charge < -0.3 is 10.1 Å². The van der Waals surface area contributed by atoms with Crippen LogP contribution in [0.3, 0.4) is 0 Å². The van der Waals surface area contributed by atoms with Gasteiger partial charge in [-0.3, -0.25) is 4.79 Å². The fourth-order valence-electron chi connectivity index (χ4n) is 1.97. The molecule has 0 saturated carbocycles. The van der Waals surface area contributed by atoms with E-state index in [9.17, 15) is 18.0 Å². The number of ether oxygens (including phenoxy) is 1. The van der Waals surface area contributed by atoms with Crippen LogP contribution in [0.1, 0.15) is 18.1 Å². The molecule has 0 fully saturated rings. The van der Waals surface area contributed by atoms with Gasteiger partial charge in [0, 0.05) is 11.6 Å². The summed E-state index contributed by atoms with van der Waals surface area (Å²) < 4.78 is 43.3. The third-order valence-electron chi connectivity index (χ3n) is 3.25. The van der Waals surface area contributed by atoms with Gasteiger partial charge in [0.25, 0.3) is 5.91 Å². The normalized spacial score (nSPS) is 12.5. The molecule has 0 bridgehead atoms. The lowest BCUT2D eigenvalue weighted by molar-refractivity contribution is -0.137. The van der Waals surface area contributed by atoms with Gasteiger partial charge in [-0.15, -0.1) is 0 Å². The average Bonchev–Trinajstić information content (AvgIpc) is 2.53. The summed E-state index contributed by atoms with van der Waals surface area (Å²) in [6.07, 6.45) is -5.41. The minimum atomic E-state index is -4.46. The smallest absolute Gasteiger partial charge is 0.416 e. The zero-order valence-corrected chi connectivity index (χ0v) is 13.5. The first-order valence-electron chi connectivity index (χ1n) is 7.12. The van der Waals surface area contributed by atoms with Crippen molar-refractivity contribution in [3.63, 3.8) is 0 Å². The van der Waals surface area contributed by atoms with Crippen LogP contribution in [0.4, 0.5) is 13.2 Å². The second-order valence-electron chi connectivity index (χ2n) is 5.09. The summed E-state index contributed by atoms with van der Waals surface area (Å²) in [7, 11) is 0. The first kappa shape index (κ1) is 18.1. The maximum atomic E-state index is 12.7. The number of benzene rings is 2. The van der Waals surface area contributed by atoms with E-state index in [-0.39, 0.29) is 12.3 Å². The summed E-state index contributed by atoms with van der Waals surface area (Å²) in [5, 5.41) is 3.15. The standard InChI is InChI=1S/C17H15ClF3NO2/c1-11(16(23)22-10-12-5-2-3-8-15(12)18)24-14-7-4-6-13(9-14)17(19,20)21/h2-9,11H,10H2,1H3,(H,22,23)/t11-/m0/s1. The molecule has 1 N–H and O–H groups in total. The molecular weight excluding hydrogens is 343 g/mol. The van der Waals surface area contributed by atoms with Crippen molar-refractivity contribution in [3.05, 3.63) is 64.7 Å². The van der Waals surface area contributed by atoms with Gasteiger partial charge in [-0.2, -0.15) is 13.2 Å². The van der Waals surface area contributed by atoms with Crippen molar-refractivity contribution in [2.24, 2.45) is 0 Å². The second-order valence-corrected chi connectivity index (χ2v) is 5.50. The number of hydrogen-bond acceptors (Lipinski definition) is 2. The first-order valence-corrected chi connectivity index (χ1v) is 7.50. The summed E-state index contributed by atoms with van der Waals surface area (Å²) in [4.78, 5) is 12.0. The van der Waals surface area contributed by atoms with E-state index in [0.717, 1.165) is 17.7 Å². The Morgan fingerprint density at radius 3 is 2.58 bits per heavy atom. The molecule has 1 amide bonds. The van der Waals surface area contributed by atoms with Crippen molar-refractivity contribution in [1.82, 2.24) is 5.32 Å². The Labute approximate surface area is 142 Å². The largest absolute Gasteiger partial charge is 0.481 e. The maximum absolute atomic E-state index is 12.7. The summed E-state index contributed by atoms with van der Waals surface area (Å²) in [5.41, 5.74) is -0.0949. The minimum Gasteiger partial charge on any atom is -0.481 e. The molecule has 2 rings (SSSR count). The van der Waals surface area contributed by atoms with E-state index in [0.29, 0.717) is 5.02 Å². The fourth-order valence-corrected chi connectivity index (χ4v) is 2.17. The van der Waals surface area contributed by atoms with Gasteiger partial charge in [-0.05, 0) is 36.8 Å². The van der Waals surface area contributed by atoms with Crippen molar-refractivity contribution in [3.8, 4) is 5.75 Å². The SMILES string of the molecule is C[C@H](Oc1cccc(C(F)(F)F)c1)C(=O)NCc1ccccc1Cl. The van der Waals surface area contributed by atoms with Crippen LogP contribution in [0.25, 0.3) is 0 Å². The molecule has 0 aliphatic rings. The Bertz CT molecular complexity index is 719. The number of hydrogen-bond donors (Lipinski definition) is 1. The Kier molecular flexibility index (Phi) is 5.72. The molecule has 2 aromatic rings. The van der Waals surface area contributed by atoms with Crippen LogP contribution in [0.2, 0.25) is 5.02 Å². The van der Waals surface area contributed by atoms with Gasteiger partial charge in [0.2, 0.25) is 0 Å². The molecular formula is C17H15ClF3NO2. The molecule has 0 aromatic heterocycles. The maximum Gasteiger partial charge on any atom is 0.416 e. The van der Waals surface area contributed by atoms with E-state index in [4.69, 9.17) is 16.3 Å². The summed E-state index contributed by atoms with van der Waals surface area (Å²) in [5.74, 6) is -0.474. The molecule has 24 heavy (non-hydrogen) atoms. The Morgan fingerprint density at radius 2 is 1.92 bits per heavy atom. The first-order chi connectivity index (χ1) is 11.3. The van der Waals surface area contributed by atoms with Crippen molar-refractivity contribution in [2.45, 2.75) is 25.7 Å². The highest BCUT2D eigenvalue weighted by Gasteiger charge is 2.30. The molecule has 2 aromatic carbocycles. The Balaban J connectivity index is 1.96. The third kappa shape index (κ3) is 4.89. The van der Waals surface area contributed by atoms with Crippen LogP contribution in [0.15, 0.2) is 48.5 Å². The lowest BCUT2D eigenvalue weighted by Crippen LogP contribution is -2.36. The quantitative estimate of drug-likeness (QED) is 0.859. The molecule has 0 aliphatic heterocycles. The number of halogens is 4. The van der Waals surface area contributed by atoms with Gasteiger partial charge in [0.1, 0.15) is 5.75 Å². The Hall–Kier alpha value is -2.21.